The number of carbonyl (C=O) groups excluding carboxylic acids is 2. The Morgan fingerprint density at radius 1 is 1.18 bits per heavy atom. The van der Waals surface area contributed by atoms with Gasteiger partial charge in [0.1, 0.15) is 6.04 Å². The average Bonchev–Trinajstić information content (AvgIpc) is 2.51. The Hall–Kier alpha value is -1.45. The summed E-state index contributed by atoms with van der Waals surface area (Å²) in [5, 5.41) is 5.70. The summed E-state index contributed by atoms with van der Waals surface area (Å²) in [5.41, 5.74) is 1.05. The second-order valence-electron chi connectivity index (χ2n) is 5.62. The number of carbonyl (C=O) groups is 2. The van der Waals surface area contributed by atoms with Gasteiger partial charge in [-0.15, -0.1) is 0 Å². The first-order valence-electron chi connectivity index (χ1n) is 7.36. The van der Waals surface area contributed by atoms with Crippen LogP contribution >= 0.6 is 9.39 Å². The molecule has 122 valence electrons. The maximum atomic E-state index is 12.4. The number of hydrogen-bond acceptors (Lipinski definition) is 4. The highest BCUT2D eigenvalue weighted by Crippen LogP contribution is 2.09. The predicted molar refractivity (Wildman–Crippen MR) is 90.2 cm³/mol. The molecule has 22 heavy (non-hydrogen) atoms. The summed E-state index contributed by atoms with van der Waals surface area (Å²) in [6, 6.07) is 8.69. The third-order valence-electron chi connectivity index (χ3n) is 3.31. The van der Waals surface area contributed by atoms with Gasteiger partial charge >= 0.3 is 5.97 Å². The van der Waals surface area contributed by atoms with Crippen LogP contribution in [0.3, 0.4) is 0 Å². The third-order valence-corrected chi connectivity index (χ3v) is 3.71. The standard InChI is InChI=1S/C16H25N2O3P/c1-11(2)9-14(16(20)21-3)17-15(19)13(18-22)10-12-7-5-4-6-8-12/h4-8,11,13-14,18H,9-10,22H2,1-3H3,(H,17,19)/t13-,14-/m1/s1. The summed E-state index contributed by atoms with van der Waals surface area (Å²) >= 11 is 0. The van der Waals surface area contributed by atoms with Crippen LogP contribution in [0.15, 0.2) is 30.3 Å². The zero-order chi connectivity index (χ0) is 16.5. The Kier molecular flexibility index (Phi) is 8.07. The summed E-state index contributed by atoms with van der Waals surface area (Å²) in [4.78, 5) is 24.2. The Balaban J connectivity index is 2.71. The highest BCUT2D eigenvalue weighted by Gasteiger charge is 2.26. The molecule has 0 bridgehead atoms. The lowest BCUT2D eigenvalue weighted by Gasteiger charge is -2.22. The lowest BCUT2D eigenvalue weighted by Crippen LogP contribution is -2.49. The molecular weight excluding hydrogens is 299 g/mol. The van der Waals surface area contributed by atoms with Gasteiger partial charge in [-0.25, -0.2) is 4.79 Å². The van der Waals surface area contributed by atoms with Crippen molar-refractivity contribution in [3.05, 3.63) is 35.9 Å². The fourth-order valence-electron chi connectivity index (χ4n) is 2.18. The molecule has 3 atom stereocenters. The molecular formula is C16H25N2O3P. The van der Waals surface area contributed by atoms with Crippen LogP contribution in [-0.2, 0) is 20.7 Å². The first-order valence-corrected chi connectivity index (χ1v) is 7.94. The van der Waals surface area contributed by atoms with Gasteiger partial charge in [0, 0.05) is 0 Å². The molecule has 1 aromatic rings. The molecule has 0 saturated carbocycles. The normalized spacial score (nSPS) is 13.5. The summed E-state index contributed by atoms with van der Waals surface area (Å²) in [7, 11) is 3.69. The number of hydrogen-bond donors (Lipinski definition) is 2. The molecule has 1 amide bonds. The number of ether oxygens (including phenoxy) is 1. The van der Waals surface area contributed by atoms with Gasteiger partial charge in [0.15, 0.2) is 0 Å². The van der Waals surface area contributed by atoms with E-state index in [4.69, 9.17) is 4.74 Å². The van der Waals surface area contributed by atoms with E-state index < -0.39 is 18.1 Å². The molecule has 1 rings (SSSR count). The number of amides is 1. The average molecular weight is 324 g/mol. The molecule has 0 aliphatic heterocycles. The van der Waals surface area contributed by atoms with Crippen LogP contribution in [0.5, 0.6) is 0 Å². The van der Waals surface area contributed by atoms with Gasteiger partial charge in [-0.2, -0.15) is 0 Å². The van der Waals surface area contributed by atoms with Gasteiger partial charge in [0.05, 0.1) is 13.2 Å². The lowest BCUT2D eigenvalue weighted by atomic mass is 10.0. The smallest absolute Gasteiger partial charge is 0.328 e. The molecule has 0 aliphatic rings. The van der Waals surface area contributed by atoms with Gasteiger partial charge < -0.3 is 10.1 Å². The minimum Gasteiger partial charge on any atom is -0.467 e. The van der Waals surface area contributed by atoms with E-state index in [1.165, 1.54) is 7.11 Å². The zero-order valence-corrected chi connectivity index (χ0v) is 14.5. The highest BCUT2D eigenvalue weighted by molar-refractivity contribution is 7.13. The van der Waals surface area contributed by atoms with Crippen LogP contribution in [0, 0.1) is 5.92 Å². The molecule has 6 heteroatoms. The minimum absolute atomic E-state index is 0.213. The van der Waals surface area contributed by atoms with Crippen molar-refractivity contribution in [2.45, 2.75) is 38.8 Å². The molecule has 0 heterocycles. The topological polar surface area (TPSA) is 67.4 Å². The van der Waals surface area contributed by atoms with E-state index >= 15 is 0 Å². The van der Waals surface area contributed by atoms with Gasteiger partial charge in [0.25, 0.3) is 0 Å². The summed E-state index contributed by atoms with van der Waals surface area (Å²) in [5.74, 6) is -0.347. The van der Waals surface area contributed by atoms with Crippen molar-refractivity contribution in [1.82, 2.24) is 10.4 Å². The molecule has 0 aromatic heterocycles. The second-order valence-corrected chi connectivity index (χ2v) is 5.96. The maximum absolute atomic E-state index is 12.4. The van der Waals surface area contributed by atoms with E-state index in [0.717, 1.165) is 5.56 Å². The molecule has 0 spiro atoms. The van der Waals surface area contributed by atoms with Crippen LogP contribution in [0.1, 0.15) is 25.8 Å². The van der Waals surface area contributed by atoms with Crippen LogP contribution < -0.4 is 10.4 Å². The van der Waals surface area contributed by atoms with Gasteiger partial charge in [-0.05, 0) is 24.3 Å². The van der Waals surface area contributed by atoms with Crippen molar-refractivity contribution in [3.63, 3.8) is 0 Å². The van der Waals surface area contributed by atoms with E-state index in [1.807, 2.05) is 44.2 Å². The monoisotopic (exact) mass is 324 g/mol. The second kappa shape index (κ2) is 9.54. The fourth-order valence-corrected chi connectivity index (χ4v) is 2.45. The van der Waals surface area contributed by atoms with E-state index in [2.05, 4.69) is 19.8 Å². The highest BCUT2D eigenvalue weighted by atomic mass is 31.0. The van der Waals surface area contributed by atoms with Crippen molar-refractivity contribution in [3.8, 4) is 0 Å². The number of esters is 1. The maximum Gasteiger partial charge on any atom is 0.328 e. The quantitative estimate of drug-likeness (QED) is 0.564. The molecule has 0 radical (unpaired) electrons. The Labute approximate surface area is 134 Å². The summed E-state index contributed by atoms with van der Waals surface area (Å²) < 4.78 is 4.77. The number of nitrogens with one attached hydrogen (secondary N) is 2. The third kappa shape index (κ3) is 6.12. The van der Waals surface area contributed by atoms with Crippen molar-refractivity contribution < 1.29 is 14.3 Å². The molecule has 1 unspecified atom stereocenters. The molecule has 0 fully saturated rings. The molecule has 5 nitrogen and oxygen atoms in total. The van der Waals surface area contributed by atoms with Crippen LogP contribution in [-0.4, -0.2) is 31.1 Å². The van der Waals surface area contributed by atoms with Gasteiger partial charge in [-0.3, -0.25) is 9.88 Å². The Morgan fingerprint density at radius 3 is 2.32 bits per heavy atom. The Morgan fingerprint density at radius 2 is 1.82 bits per heavy atom. The van der Waals surface area contributed by atoms with Crippen LogP contribution in [0.25, 0.3) is 0 Å². The fraction of sp³-hybridized carbons (Fsp3) is 0.500. The molecule has 0 aliphatic carbocycles. The van der Waals surface area contributed by atoms with Crippen molar-refractivity contribution in [2.24, 2.45) is 5.92 Å². The van der Waals surface area contributed by atoms with Crippen LogP contribution in [0.4, 0.5) is 0 Å². The number of benzene rings is 1. The molecule has 1 aromatic carbocycles. The van der Waals surface area contributed by atoms with E-state index in [0.29, 0.717) is 12.8 Å². The van der Waals surface area contributed by atoms with E-state index in [-0.39, 0.29) is 11.8 Å². The van der Waals surface area contributed by atoms with Gasteiger partial charge in [0.2, 0.25) is 5.91 Å². The first-order chi connectivity index (χ1) is 10.5. The van der Waals surface area contributed by atoms with Crippen molar-refractivity contribution >= 4 is 21.3 Å². The predicted octanol–water partition coefficient (Wildman–Crippen LogP) is 1.68. The van der Waals surface area contributed by atoms with Crippen molar-refractivity contribution in [1.29, 1.82) is 0 Å². The van der Waals surface area contributed by atoms with Gasteiger partial charge in [-0.1, -0.05) is 53.6 Å². The van der Waals surface area contributed by atoms with E-state index in [9.17, 15) is 9.59 Å². The van der Waals surface area contributed by atoms with E-state index in [1.54, 1.807) is 0 Å². The summed E-state index contributed by atoms with van der Waals surface area (Å²) in [6.07, 6.45) is 1.10. The Bertz CT molecular complexity index is 480. The lowest BCUT2D eigenvalue weighted by molar-refractivity contribution is -0.145. The number of rotatable bonds is 8. The SMILES string of the molecule is COC(=O)[C@@H](CC(C)C)NC(=O)[C@@H](Cc1ccccc1)NP. The number of methoxy groups -OCH3 is 1. The minimum atomic E-state index is -0.617. The zero-order valence-electron chi connectivity index (χ0n) is 13.3. The molecule has 2 N–H and O–H groups in total. The molecule has 0 saturated heterocycles. The van der Waals surface area contributed by atoms with Crippen molar-refractivity contribution in [2.75, 3.05) is 7.11 Å². The van der Waals surface area contributed by atoms with Crippen LogP contribution in [0.2, 0.25) is 0 Å². The summed E-state index contributed by atoms with van der Waals surface area (Å²) in [6.45, 7) is 3.99. The first kappa shape index (κ1) is 18.6. The largest absolute Gasteiger partial charge is 0.467 e.